The number of rotatable bonds is 7. The molecule has 1 N–H and O–H groups in total. The topological polar surface area (TPSA) is 12.0 Å². The SMILES string of the molecule is CCCNC(CCC(C)C)c1cc(F)ccc1Br. The van der Waals surface area contributed by atoms with Gasteiger partial charge in [0.2, 0.25) is 0 Å². The lowest BCUT2D eigenvalue weighted by molar-refractivity contribution is 0.438. The molecule has 0 amide bonds. The number of nitrogens with one attached hydrogen (secondary N) is 1. The van der Waals surface area contributed by atoms with E-state index >= 15 is 0 Å². The average Bonchev–Trinajstić information content (AvgIpc) is 2.32. The lowest BCUT2D eigenvalue weighted by Crippen LogP contribution is -2.23. The molecule has 0 saturated carbocycles. The molecule has 0 bridgehead atoms. The molecule has 3 heteroatoms. The minimum absolute atomic E-state index is 0.166. The number of halogens is 2. The van der Waals surface area contributed by atoms with E-state index in [1.165, 1.54) is 6.07 Å². The quantitative estimate of drug-likeness (QED) is 0.741. The van der Waals surface area contributed by atoms with Crippen LogP contribution in [0.2, 0.25) is 0 Å². The molecule has 0 aromatic heterocycles. The van der Waals surface area contributed by atoms with Crippen LogP contribution >= 0.6 is 15.9 Å². The van der Waals surface area contributed by atoms with Crippen molar-refractivity contribution in [1.29, 1.82) is 0 Å². The van der Waals surface area contributed by atoms with E-state index in [0.29, 0.717) is 5.92 Å². The second kappa shape index (κ2) is 7.90. The van der Waals surface area contributed by atoms with Gasteiger partial charge >= 0.3 is 0 Å². The fourth-order valence-electron chi connectivity index (χ4n) is 1.97. The van der Waals surface area contributed by atoms with E-state index in [4.69, 9.17) is 0 Å². The van der Waals surface area contributed by atoms with E-state index in [2.05, 4.69) is 42.0 Å². The van der Waals surface area contributed by atoms with Crippen molar-refractivity contribution in [2.75, 3.05) is 6.54 Å². The molecule has 0 saturated heterocycles. The smallest absolute Gasteiger partial charge is 0.123 e. The highest BCUT2D eigenvalue weighted by Gasteiger charge is 2.15. The Kier molecular flexibility index (Phi) is 6.87. The first-order valence-electron chi connectivity index (χ1n) is 6.73. The molecule has 102 valence electrons. The van der Waals surface area contributed by atoms with Crippen LogP contribution < -0.4 is 5.32 Å². The monoisotopic (exact) mass is 315 g/mol. The van der Waals surface area contributed by atoms with Gasteiger partial charge in [0.1, 0.15) is 5.82 Å². The average molecular weight is 316 g/mol. The third-order valence-corrected chi connectivity index (χ3v) is 3.73. The van der Waals surface area contributed by atoms with Crippen LogP contribution in [0, 0.1) is 11.7 Å². The van der Waals surface area contributed by atoms with Gasteiger partial charge in [0.15, 0.2) is 0 Å². The van der Waals surface area contributed by atoms with E-state index < -0.39 is 0 Å². The van der Waals surface area contributed by atoms with Crippen molar-refractivity contribution in [3.8, 4) is 0 Å². The van der Waals surface area contributed by atoms with Crippen molar-refractivity contribution >= 4 is 15.9 Å². The van der Waals surface area contributed by atoms with Crippen LogP contribution in [-0.4, -0.2) is 6.54 Å². The molecular formula is C15H23BrFN. The van der Waals surface area contributed by atoms with Crippen LogP contribution in [0.15, 0.2) is 22.7 Å². The van der Waals surface area contributed by atoms with Crippen LogP contribution in [0.3, 0.4) is 0 Å². The summed E-state index contributed by atoms with van der Waals surface area (Å²) >= 11 is 3.52. The molecule has 0 radical (unpaired) electrons. The van der Waals surface area contributed by atoms with Gasteiger partial charge in [0.25, 0.3) is 0 Å². The molecule has 1 unspecified atom stereocenters. The van der Waals surface area contributed by atoms with Crippen LogP contribution in [-0.2, 0) is 0 Å². The molecule has 0 heterocycles. The fourth-order valence-corrected chi connectivity index (χ4v) is 2.49. The van der Waals surface area contributed by atoms with Crippen LogP contribution in [0.1, 0.15) is 51.6 Å². The van der Waals surface area contributed by atoms with Crippen molar-refractivity contribution in [3.63, 3.8) is 0 Å². The van der Waals surface area contributed by atoms with Gasteiger partial charge in [-0.15, -0.1) is 0 Å². The molecule has 0 aliphatic heterocycles. The minimum Gasteiger partial charge on any atom is -0.310 e. The second-order valence-electron chi connectivity index (χ2n) is 5.14. The summed E-state index contributed by atoms with van der Waals surface area (Å²) in [6, 6.07) is 5.16. The summed E-state index contributed by atoms with van der Waals surface area (Å²) in [7, 11) is 0. The zero-order valence-electron chi connectivity index (χ0n) is 11.5. The molecule has 0 spiro atoms. The van der Waals surface area contributed by atoms with Gasteiger partial charge in [0.05, 0.1) is 0 Å². The molecule has 0 fully saturated rings. The highest BCUT2D eigenvalue weighted by Crippen LogP contribution is 2.28. The van der Waals surface area contributed by atoms with Gasteiger partial charge in [-0.1, -0.05) is 36.7 Å². The Morgan fingerprint density at radius 1 is 1.28 bits per heavy atom. The first-order chi connectivity index (χ1) is 8.54. The van der Waals surface area contributed by atoms with Gasteiger partial charge in [0, 0.05) is 10.5 Å². The molecule has 1 aromatic rings. The lowest BCUT2D eigenvalue weighted by Gasteiger charge is -2.21. The standard InChI is InChI=1S/C15H23BrFN/c1-4-9-18-15(8-5-11(2)3)13-10-12(17)6-7-14(13)16/h6-7,10-11,15,18H,4-5,8-9H2,1-3H3. The fraction of sp³-hybridized carbons (Fsp3) is 0.600. The third-order valence-electron chi connectivity index (χ3n) is 3.01. The van der Waals surface area contributed by atoms with Crippen LogP contribution in [0.25, 0.3) is 0 Å². The van der Waals surface area contributed by atoms with Gasteiger partial charge in [-0.05, 0) is 55.5 Å². The van der Waals surface area contributed by atoms with Gasteiger partial charge in [-0.3, -0.25) is 0 Å². The van der Waals surface area contributed by atoms with Gasteiger partial charge < -0.3 is 5.32 Å². The summed E-state index contributed by atoms with van der Waals surface area (Å²) in [5, 5.41) is 3.51. The highest BCUT2D eigenvalue weighted by atomic mass is 79.9. The predicted octanol–water partition coefficient (Wildman–Crippen LogP) is 5.07. The summed E-state index contributed by atoms with van der Waals surface area (Å²) in [4.78, 5) is 0. The first kappa shape index (κ1) is 15.6. The first-order valence-corrected chi connectivity index (χ1v) is 7.52. The van der Waals surface area contributed by atoms with Gasteiger partial charge in [-0.2, -0.15) is 0 Å². The van der Waals surface area contributed by atoms with Crippen molar-refractivity contribution in [3.05, 3.63) is 34.1 Å². The maximum Gasteiger partial charge on any atom is 0.123 e. The normalized spacial score (nSPS) is 13.0. The molecule has 0 aliphatic carbocycles. The second-order valence-corrected chi connectivity index (χ2v) is 6.00. The Bertz CT molecular complexity index is 366. The molecule has 1 aromatic carbocycles. The van der Waals surface area contributed by atoms with Crippen molar-refractivity contribution < 1.29 is 4.39 Å². The third kappa shape index (κ3) is 5.07. The Morgan fingerprint density at radius 2 is 2.00 bits per heavy atom. The van der Waals surface area contributed by atoms with Crippen LogP contribution in [0.5, 0.6) is 0 Å². The Morgan fingerprint density at radius 3 is 2.61 bits per heavy atom. The summed E-state index contributed by atoms with van der Waals surface area (Å²) in [5.74, 6) is 0.504. The van der Waals surface area contributed by atoms with E-state index in [-0.39, 0.29) is 11.9 Å². The maximum atomic E-state index is 13.4. The Balaban J connectivity index is 2.82. The molecule has 0 aliphatic rings. The Hall–Kier alpha value is -0.410. The summed E-state index contributed by atoms with van der Waals surface area (Å²) in [6.07, 6.45) is 3.27. The highest BCUT2D eigenvalue weighted by molar-refractivity contribution is 9.10. The maximum absolute atomic E-state index is 13.4. The number of hydrogen-bond donors (Lipinski definition) is 1. The minimum atomic E-state index is -0.166. The predicted molar refractivity (Wildman–Crippen MR) is 79.2 cm³/mol. The van der Waals surface area contributed by atoms with E-state index in [1.54, 1.807) is 12.1 Å². The van der Waals surface area contributed by atoms with E-state index in [0.717, 1.165) is 35.8 Å². The largest absolute Gasteiger partial charge is 0.310 e. The molecule has 18 heavy (non-hydrogen) atoms. The van der Waals surface area contributed by atoms with E-state index in [1.807, 2.05) is 0 Å². The molecule has 1 nitrogen and oxygen atoms in total. The summed E-state index contributed by atoms with van der Waals surface area (Å²) in [5.41, 5.74) is 1.03. The summed E-state index contributed by atoms with van der Waals surface area (Å²) < 4.78 is 14.4. The van der Waals surface area contributed by atoms with Gasteiger partial charge in [-0.25, -0.2) is 4.39 Å². The molecule has 1 rings (SSSR count). The van der Waals surface area contributed by atoms with E-state index in [9.17, 15) is 4.39 Å². The van der Waals surface area contributed by atoms with Crippen LogP contribution in [0.4, 0.5) is 4.39 Å². The molecular weight excluding hydrogens is 293 g/mol. The molecule has 1 atom stereocenters. The Labute approximate surface area is 118 Å². The summed E-state index contributed by atoms with van der Waals surface area (Å²) in [6.45, 7) is 7.55. The van der Waals surface area contributed by atoms with Crippen molar-refractivity contribution in [2.45, 2.75) is 46.1 Å². The number of hydrogen-bond acceptors (Lipinski definition) is 1. The zero-order chi connectivity index (χ0) is 13.5. The van der Waals surface area contributed by atoms with Crippen molar-refractivity contribution in [1.82, 2.24) is 5.32 Å². The number of benzene rings is 1. The lowest BCUT2D eigenvalue weighted by atomic mass is 9.97. The zero-order valence-corrected chi connectivity index (χ0v) is 13.1. The van der Waals surface area contributed by atoms with Crippen molar-refractivity contribution in [2.24, 2.45) is 5.92 Å².